The number of nitrogens with zero attached hydrogens (tertiary/aromatic N) is 1. The second-order valence-electron chi connectivity index (χ2n) is 17.1. The maximum Gasteiger partial charge on any atom is 0.268 e. The molecule has 0 aromatic rings. The molecule has 0 fully saturated rings. The molecule has 8 nitrogen and oxygen atoms in total. The summed E-state index contributed by atoms with van der Waals surface area (Å²) in [6, 6.07) is -0.884. The number of nitrogens with one attached hydrogen (secondary N) is 1. The Morgan fingerprint density at radius 3 is 1.53 bits per heavy atom. The lowest BCUT2D eigenvalue weighted by atomic mass is 10.0. The van der Waals surface area contributed by atoms with Gasteiger partial charge in [0.25, 0.3) is 7.82 Å². The third-order valence-electron chi connectivity index (χ3n) is 10.2. The normalized spacial score (nSPS) is 14.8. The molecule has 0 radical (unpaired) electrons. The Morgan fingerprint density at radius 2 is 1.05 bits per heavy atom. The van der Waals surface area contributed by atoms with Gasteiger partial charge in [-0.3, -0.25) is 9.36 Å². The van der Waals surface area contributed by atoms with Crippen molar-refractivity contribution in [1.82, 2.24) is 5.32 Å². The number of allylic oxidation sites excluding steroid dienone is 9. The molecule has 2 N–H and O–H groups in total. The van der Waals surface area contributed by atoms with Gasteiger partial charge in [0.15, 0.2) is 0 Å². The zero-order valence-corrected chi connectivity index (χ0v) is 39.1. The number of phosphoric acid groups is 1. The van der Waals surface area contributed by atoms with Crippen LogP contribution in [0.25, 0.3) is 0 Å². The van der Waals surface area contributed by atoms with Crippen molar-refractivity contribution in [3.05, 3.63) is 60.8 Å². The summed E-state index contributed by atoms with van der Waals surface area (Å²) in [6.07, 6.45) is 53.1. The zero-order valence-electron chi connectivity index (χ0n) is 38.2. The number of quaternary nitrogens is 1. The van der Waals surface area contributed by atoms with Gasteiger partial charge in [-0.1, -0.05) is 190 Å². The van der Waals surface area contributed by atoms with Crippen LogP contribution in [0.3, 0.4) is 0 Å². The summed E-state index contributed by atoms with van der Waals surface area (Å²) in [5, 5.41) is 13.7. The first kappa shape index (κ1) is 56.2. The first-order valence-electron chi connectivity index (χ1n) is 23.7. The quantitative estimate of drug-likeness (QED) is 0.0274. The molecule has 0 aromatic carbocycles. The van der Waals surface area contributed by atoms with Gasteiger partial charge in [0.2, 0.25) is 5.91 Å². The van der Waals surface area contributed by atoms with E-state index in [-0.39, 0.29) is 19.1 Å². The van der Waals surface area contributed by atoms with Crippen LogP contribution in [0.15, 0.2) is 60.8 Å². The van der Waals surface area contributed by atoms with E-state index in [0.717, 1.165) is 64.2 Å². The van der Waals surface area contributed by atoms with Gasteiger partial charge in [0.1, 0.15) is 13.2 Å². The zero-order chi connectivity index (χ0) is 42.8. The fraction of sp³-hybridized carbons (Fsp3) is 0.776. The average molecular weight is 835 g/mol. The summed E-state index contributed by atoms with van der Waals surface area (Å²) >= 11 is 0. The fourth-order valence-electron chi connectivity index (χ4n) is 6.50. The van der Waals surface area contributed by atoms with Crippen LogP contribution in [-0.2, 0) is 18.4 Å². The van der Waals surface area contributed by atoms with Crippen molar-refractivity contribution in [3.8, 4) is 0 Å². The summed E-state index contributed by atoms with van der Waals surface area (Å²) in [5.74, 6) is -0.204. The molecule has 0 rings (SSSR count). The minimum absolute atomic E-state index is 0.00259. The Labute approximate surface area is 358 Å². The number of aliphatic hydroxyl groups excluding tert-OH is 1. The highest BCUT2D eigenvalue weighted by Gasteiger charge is 2.23. The van der Waals surface area contributed by atoms with Crippen LogP contribution in [0.2, 0.25) is 0 Å². The van der Waals surface area contributed by atoms with Crippen molar-refractivity contribution in [2.24, 2.45) is 0 Å². The highest BCUT2D eigenvalue weighted by atomic mass is 31.2. The lowest BCUT2D eigenvalue weighted by molar-refractivity contribution is -0.870. The van der Waals surface area contributed by atoms with E-state index in [1.54, 1.807) is 6.08 Å². The number of likely N-dealkylation sites (N-methyl/N-ethyl adjacent to an activating group) is 1. The highest BCUT2D eigenvalue weighted by Crippen LogP contribution is 2.38. The van der Waals surface area contributed by atoms with Crippen molar-refractivity contribution >= 4 is 13.7 Å². The molecule has 0 saturated carbocycles. The highest BCUT2D eigenvalue weighted by molar-refractivity contribution is 7.45. The third-order valence-corrected chi connectivity index (χ3v) is 11.2. The van der Waals surface area contributed by atoms with Gasteiger partial charge in [0.05, 0.1) is 39.9 Å². The van der Waals surface area contributed by atoms with Crippen molar-refractivity contribution < 1.29 is 32.9 Å². The third kappa shape index (κ3) is 42.3. The van der Waals surface area contributed by atoms with E-state index < -0.39 is 20.0 Å². The number of hydrogen-bond acceptors (Lipinski definition) is 6. The number of carbonyl (C=O) groups excluding carboxylic acids is 1. The molecular weight excluding hydrogens is 744 g/mol. The van der Waals surface area contributed by atoms with Crippen LogP contribution < -0.4 is 10.2 Å². The van der Waals surface area contributed by atoms with E-state index in [0.29, 0.717) is 17.4 Å². The standard InChI is InChI=1S/C49H91N2O6P/c1-6-8-10-12-14-15-16-17-18-19-20-21-22-23-24-25-26-27-28-29-30-31-32-33-34-35-37-39-41-43-49(53)50-47(48(52)42-40-38-36-13-11-9-7-2)46-57-58(54,55)56-45-44-51(3,4)5/h8,10,14-15,17-18,20-21,40,42,47-48,52H,6-7,9,11-13,16,19,22-39,41,43-46H2,1-5H3,(H-,50,53,54,55)/b10-8-,15-14-,18-17-,21-20-,42-40+. The molecule has 0 heterocycles. The van der Waals surface area contributed by atoms with Crippen LogP contribution in [0.5, 0.6) is 0 Å². The SMILES string of the molecule is CC/C=C\C/C=C\C/C=C\C/C=C\CCCCCCCCCCCCCCCCCCC(=O)NC(COP(=O)([O-])OCC[N+](C)(C)C)C(O)/C=C/CCCCCCC. The molecule has 0 aromatic heterocycles. The lowest BCUT2D eigenvalue weighted by Gasteiger charge is -2.29. The molecule has 0 bridgehead atoms. The monoisotopic (exact) mass is 835 g/mol. The maximum atomic E-state index is 12.8. The molecule has 0 aliphatic rings. The Balaban J connectivity index is 4.00. The van der Waals surface area contributed by atoms with Crippen LogP contribution in [0.4, 0.5) is 0 Å². The number of amides is 1. The van der Waals surface area contributed by atoms with Gasteiger partial charge in [-0.2, -0.15) is 0 Å². The van der Waals surface area contributed by atoms with Gasteiger partial charge < -0.3 is 28.8 Å². The summed E-state index contributed by atoms with van der Waals surface area (Å²) in [4.78, 5) is 25.2. The minimum atomic E-state index is -4.58. The van der Waals surface area contributed by atoms with Crippen molar-refractivity contribution in [1.29, 1.82) is 0 Å². The lowest BCUT2D eigenvalue weighted by Crippen LogP contribution is -2.45. The van der Waals surface area contributed by atoms with Crippen LogP contribution in [0, 0.1) is 0 Å². The predicted molar refractivity (Wildman–Crippen MR) is 247 cm³/mol. The van der Waals surface area contributed by atoms with Gasteiger partial charge in [0, 0.05) is 6.42 Å². The number of phosphoric ester groups is 1. The average Bonchev–Trinajstić information content (AvgIpc) is 3.17. The second kappa shape index (κ2) is 40.6. The Morgan fingerprint density at radius 1 is 0.621 bits per heavy atom. The number of rotatable bonds is 42. The summed E-state index contributed by atoms with van der Waals surface area (Å²) in [7, 11) is 1.25. The van der Waals surface area contributed by atoms with E-state index in [1.807, 2.05) is 27.2 Å². The molecule has 0 aliphatic heterocycles. The topological polar surface area (TPSA) is 108 Å². The van der Waals surface area contributed by atoms with Crippen LogP contribution >= 0.6 is 7.82 Å². The number of carbonyl (C=O) groups is 1. The predicted octanol–water partition coefficient (Wildman–Crippen LogP) is 12.8. The first-order chi connectivity index (χ1) is 28.0. The van der Waals surface area contributed by atoms with Gasteiger partial charge in [-0.15, -0.1) is 0 Å². The van der Waals surface area contributed by atoms with Crippen molar-refractivity contribution in [2.75, 3.05) is 40.9 Å². The Hall–Kier alpha value is -1.80. The molecule has 338 valence electrons. The van der Waals surface area contributed by atoms with E-state index in [4.69, 9.17) is 9.05 Å². The van der Waals surface area contributed by atoms with E-state index in [1.165, 1.54) is 109 Å². The molecule has 58 heavy (non-hydrogen) atoms. The molecule has 3 atom stereocenters. The van der Waals surface area contributed by atoms with E-state index >= 15 is 0 Å². The Bertz CT molecular complexity index is 1130. The number of aliphatic hydroxyl groups is 1. The van der Waals surface area contributed by atoms with Gasteiger partial charge >= 0.3 is 0 Å². The molecule has 1 amide bonds. The smallest absolute Gasteiger partial charge is 0.268 e. The van der Waals surface area contributed by atoms with Gasteiger partial charge in [-0.05, 0) is 57.8 Å². The van der Waals surface area contributed by atoms with Gasteiger partial charge in [-0.25, -0.2) is 0 Å². The fourth-order valence-corrected chi connectivity index (χ4v) is 7.22. The summed E-state index contributed by atoms with van der Waals surface area (Å²) in [6.45, 7) is 4.46. The minimum Gasteiger partial charge on any atom is -0.756 e. The molecule has 0 aliphatic carbocycles. The Kier molecular flexibility index (Phi) is 39.3. The van der Waals surface area contributed by atoms with Crippen LogP contribution in [-0.4, -0.2) is 68.5 Å². The van der Waals surface area contributed by atoms with Crippen molar-refractivity contribution in [3.63, 3.8) is 0 Å². The van der Waals surface area contributed by atoms with Crippen molar-refractivity contribution in [2.45, 2.75) is 206 Å². The first-order valence-corrected chi connectivity index (χ1v) is 25.1. The molecule has 0 spiro atoms. The molecule has 0 saturated heterocycles. The largest absolute Gasteiger partial charge is 0.756 e. The summed E-state index contributed by atoms with van der Waals surface area (Å²) in [5.41, 5.74) is 0. The number of unbranched alkanes of at least 4 members (excludes halogenated alkanes) is 21. The molecule has 9 heteroatoms. The van der Waals surface area contributed by atoms with Crippen LogP contribution in [0.1, 0.15) is 194 Å². The number of hydrogen-bond donors (Lipinski definition) is 2. The summed E-state index contributed by atoms with van der Waals surface area (Å²) < 4.78 is 23.1. The second-order valence-corrected chi connectivity index (χ2v) is 18.5. The molecular formula is C49H91N2O6P. The maximum absolute atomic E-state index is 12.8. The molecule has 3 unspecified atom stereocenters. The van der Waals surface area contributed by atoms with E-state index in [9.17, 15) is 19.4 Å². The van der Waals surface area contributed by atoms with E-state index in [2.05, 4.69) is 67.8 Å².